The highest BCUT2D eigenvalue weighted by atomic mass is 19.4. The van der Waals surface area contributed by atoms with E-state index in [2.05, 4.69) is 20.6 Å². The Morgan fingerprint density at radius 3 is 2.30 bits per heavy atom. The van der Waals surface area contributed by atoms with Gasteiger partial charge in [-0.3, -0.25) is 14.8 Å². The van der Waals surface area contributed by atoms with Crippen LogP contribution in [0.2, 0.25) is 0 Å². The molecule has 5 nitrogen and oxygen atoms in total. The van der Waals surface area contributed by atoms with Crippen LogP contribution in [0.15, 0.2) is 67.3 Å². The van der Waals surface area contributed by atoms with Crippen molar-refractivity contribution in [2.24, 2.45) is 0 Å². The molecular weight excluding hydrogens is 357 g/mol. The Balaban J connectivity index is 1.64. The van der Waals surface area contributed by atoms with Crippen LogP contribution in [0.5, 0.6) is 0 Å². The minimum atomic E-state index is -4.42. The maximum atomic E-state index is 12.6. The van der Waals surface area contributed by atoms with Crippen LogP contribution in [0.3, 0.4) is 0 Å². The minimum absolute atomic E-state index is 0.267. The Morgan fingerprint density at radius 2 is 1.63 bits per heavy atom. The van der Waals surface area contributed by atoms with E-state index in [0.717, 1.165) is 17.7 Å². The van der Waals surface area contributed by atoms with Crippen molar-refractivity contribution in [3.63, 3.8) is 0 Å². The molecule has 3 aromatic rings. The fourth-order valence-corrected chi connectivity index (χ4v) is 2.31. The van der Waals surface area contributed by atoms with E-state index in [-0.39, 0.29) is 11.3 Å². The minimum Gasteiger partial charge on any atom is -0.380 e. The van der Waals surface area contributed by atoms with Gasteiger partial charge in [0.05, 0.1) is 16.8 Å². The molecule has 0 aliphatic carbocycles. The first-order valence-electron chi connectivity index (χ1n) is 7.98. The molecule has 0 aliphatic rings. The predicted octanol–water partition coefficient (Wildman–Crippen LogP) is 4.36. The average molecular weight is 372 g/mol. The lowest BCUT2D eigenvalue weighted by molar-refractivity contribution is -0.137. The summed E-state index contributed by atoms with van der Waals surface area (Å²) < 4.78 is 37.7. The van der Waals surface area contributed by atoms with Gasteiger partial charge in [-0.05, 0) is 48.0 Å². The van der Waals surface area contributed by atoms with Crippen molar-refractivity contribution in [3.05, 3.63) is 83.9 Å². The van der Waals surface area contributed by atoms with E-state index in [1.807, 2.05) is 12.1 Å². The zero-order valence-corrected chi connectivity index (χ0v) is 14.0. The van der Waals surface area contributed by atoms with E-state index in [1.165, 1.54) is 18.3 Å². The van der Waals surface area contributed by atoms with E-state index < -0.39 is 17.6 Å². The molecule has 138 valence electrons. The monoisotopic (exact) mass is 372 g/mol. The Kier molecular flexibility index (Phi) is 5.35. The lowest BCUT2D eigenvalue weighted by Crippen LogP contribution is -2.13. The van der Waals surface area contributed by atoms with Gasteiger partial charge in [0.2, 0.25) is 0 Å². The maximum absolute atomic E-state index is 12.6. The van der Waals surface area contributed by atoms with E-state index >= 15 is 0 Å². The van der Waals surface area contributed by atoms with Crippen molar-refractivity contribution in [3.8, 4) is 0 Å². The van der Waals surface area contributed by atoms with Crippen LogP contribution in [0.1, 0.15) is 21.5 Å². The summed E-state index contributed by atoms with van der Waals surface area (Å²) in [4.78, 5) is 20.3. The number of anilines is 2. The van der Waals surface area contributed by atoms with E-state index in [4.69, 9.17) is 0 Å². The molecule has 1 aromatic carbocycles. The molecule has 2 aromatic heterocycles. The van der Waals surface area contributed by atoms with Crippen molar-refractivity contribution >= 4 is 17.3 Å². The number of rotatable bonds is 5. The van der Waals surface area contributed by atoms with Gasteiger partial charge in [0.1, 0.15) is 0 Å². The number of halogens is 3. The number of benzene rings is 1. The van der Waals surface area contributed by atoms with E-state index in [0.29, 0.717) is 12.2 Å². The molecular formula is C19H15F3N4O. The lowest BCUT2D eigenvalue weighted by atomic mass is 10.2. The van der Waals surface area contributed by atoms with Gasteiger partial charge < -0.3 is 10.6 Å². The van der Waals surface area contributed by atoms with Crippen LogP contribution in [0.4, 0.5) is 24.5 Å². The highest BCUT2D eigenvalue weighted by Gasteiger charge is 2.30. The lowest BCUT2D eigenvalue weighted by Gasteiger charge is -2.10. The van der Waals surface area contributed by atoms with Gasteiger partial charge in [-0.15, -0.1) is 0 Å². The highest BCUT2D eigenvalue weighted by Crippen LogP contribution is 2.29. The molecule has 0 radical (unpaired) electrons. The molecule has 27 heavy (non-hydrogen) atoms. The third kappa shape index (κ3) is 5.04. The first kappa shape index (κ1) is 18.4. The number of nitrogens with zero attached hydrogens (tertiary/aromatic N) is 2. The van der Waals surface area contributed by atoms with Gasteiger partial charge in [0, 0.05) is 37.0 Å². The Morgan fingerprint density at radius 1 is 0.926 bits per heavy atom. The second kappa shape index (κ2) is 7.86. The van der Waals surface area contributed by atoms with Gasteiger partial charge in [-0.25, -0.2) is 0 Å². The molecule has 0 aliphatic heterocycles. The number of amides is 1. The summed E-state index contributed by atoms with van der Waals surface area (Å²) in [5.74, 6) is -0.463. The van der Waals surface area contributed by atoms with Gasteiger partial charge in [-0.2, -0.15) is 13.2 Å². The average Bonchev–Trinajstić information content (AvgIpc) is 2.67. The number of carbonyl (C=O) groups is 1. The molecule has 0 saturated carbocycles. The van der Waals surface area contributed by atoms with Gasteiger partial charge in [-0.1, -0.05) is 0 Å². The summed E-state index contributed by atoms with van der Waals surface area (Å²) in [6.45, 7) is 0.536. The number of aromatic nitrogens is 2. The summed E-state index contributed by atoms with van der Waals surface area (Å²) in [6, 6.07) is 9.59. The zero-order chi connectivity index (χ0) is 19.3. The van der Waals surface area contributed by atoms with Gasteiger partial charge in [0.15, 0.2) is 0 Å². The first-order chi connectivity index (χ1) is 12.9. The van der Waals surface area contributed by atoms with Crippen LogP contribution in [-0.2, 0) is 12.7 Å². The third-order valence-electron chi connectivity index (χ3n) is 3.72. The number of pyridine rings is 2. The van der Waals surface area contributed by atoms with Crippen LogP contribution in [-0.4, -0.2) is 15.9 Å². The van der Waals surface area contributed by atoms with Crippen molar-refractivity contribution < 1.29 is 18.0 Å². The zero-order valence-electron chi connectivity index (χ0n) is 14.0. The van der Waals surface area contributed by atoms with Crippen molar-refractivity contribution in [1.29, 1.82) is 0 Å². The number of hydrogen-bond donors (Lipinski definition) is 2. The first-order valence-corrected chi connectivity index (χ1v) is 7.98. The predicted molar refractivity (Wildman–Crippen MR) is 95.2 cm³/mol. The van der Waals surface area contributed by atoms with Crippen LogP contribution >= 0.6 is 0 Å². The van der Waals surface area contributed by atoms with E-state index in [1.54, 1.807) is 24.7 Å². The van der Waals surface area contributed by atoms with Crippen LogP contribution in [0.25, 0.3) is 0 Å². The Hall–Kier alpha value is -3.42. The Labute approximate surface area is 153 Å². The number of hydrogen-bond acceptors (Lipinski definition) is 4. The topological polar surface area (TPSA) is 66.9 Å². The fourth-order valence-electron chi connectivity index (χ4n) is 2.31. The summed E-state index contributed by atoms with van der Waals surface area (Å²) in [5.41, 5.74) is 1.44. The Bertz CT molecular complexity index is 912. The summed E-state index contributed by atoms with van der Waals surface area (Å²) in [5, 5.41) is 5.70. The molecule has 2 N–H and O–H groups in total. The molecule has 0 bridgehead atoms. The molecule has 1 amide bonds. The molecule has 0 fully saturated rings. The van der Waals surface area contributed by atoms with Gasteiger partial charge >= 0.3 is 6.18 Å². The van der Waals surface area contributed by atoms with Crippen molar-refractivity contribution in [2.75, 3.05) is 10.6 Å². The SMILES string of the molecule is O=C(Nc1ccc(C(F)(F)F)cc1)c1cncc(NCc2ccncc2)c1. The van der Waals surface area contributed by atoms with Gasteiger partial charge in [0.25, 0.3) is 5.91 Å². The highest BCUT2D eigenvalue weighted by molar-refractivity contribution is 6.04. The molecule has 8 heteroatoms. The standard InChI is InChI=1S/C19H15F3N4O/c20-19(21,22)15-1-3-16(4-2-15)26-18(27)14-9-17(12-24-11-14)25-10-13-5-7-23-8-6-13/h1-9,11-12,25H,10H2,(H,26,27). The van der Waals surface area contributed by atoms with Crippen LogP contribution < -0.4 is 10.6 Å². The smallest absolute Gasteiger partial charge is 0.380 e. The quantitative estimate of drug-likeness (QED) is 0.698. The normalized spacial score (nSPS) is 11.1. The summed E-state index contributed by atoms with van der Waals surface area (Å²) >= 11 is 0. The van der Waals surface area contributed by atoms with Crippen molar-refractivity contribution in [2.45, 2.75) is 12.7 Å². The van der Waals surface area contributed by atoms with Crippen LogP contribution in [0, 0.1) is 0 Å². The molecule has 0 saturated heterocycles. The molecule has 0 atom stereocenters. The largest absolute Gasteiger partial charge is 0.416 e. The molecule has 0 unspecified atom stereocenters. The third-order valence-corrected chi connectivity index (χ3v) is 3.72. The second-order valence-electron chi connectivity index (χ2n) is 5.70. The molecule has 2 heterocycles. The molecule has 3 rings (SSSR count). The van der Waals surface area contributed by atoms with Crippen molar-refractivity contribution in [1.82, 2.24) is 9.97 Å². The number of alkyl halides is 3. The number of nitrogens with one attached hydrogen (secondary N) is 2. The summed E-state index contributed by atoms with van der Waals surface area (Å²) in [7, 11) is 0. The maximum Gasteiger partial charge on any atom is 0.416 e. The fraction of sp³-hybridized carbons (Fsp3) is 0.105. The summed E-state index contributed by atoms with van der Waals surface area (Å²) in [6.07, 6.45) is 1.92. The number of carbonyl (C=O) groups excluding carboxylic acids is 1. The van der Waals surface area contributed by atoms with E-state index in [9.17, 15) is 18.0 Å². The molecule has 0 spiro atoms. The second-order valence-corrected chi connectivity index (χ2v) is 5.70.